The summed E-state index contributed by atoms with van der Waals surface area (Å²) in [5, 5.41) is 18.9. The van der Waals surface area contributed by atoms with E-state index in [1.807, 2.05) is 0 Å². The fraction of sp³-hybridized carbons (Fsp3) is 0.300. The van der Waals surface area contributed by atoms with E-state index in [1.165, 1.54) is 0 Å². The highest BCUT2D eigenvalue weighted by Gasteiger charge is 2.30. The number of rotatable bonds is 6. The fourth-order valence-corrected chi connectivity index (χ4v) is 3.15. The van der Waals surface area contributed by atoms with Gasteiger partial charge in [-0.2, -0.15) is 0 Å². The minimum absolute atomic E-state index is 0.259. The van der Waals surface area contributed by atoms with E-state index in [9.17, 15) is 29.4 Å². The van der Waals surface area contributed by atoms with Gasteiger partial charge in [0.25, 0.3) is 0 Å². The van der Waals surface area contributed by atoms with Crippen LogP contribution in [0.5, 0.6) is 0 Å². The van der Waals surface area contributed by atoms with Gasteiger partial charge in [0.2, 0.25) is 0 Å². The zero-order chi connectivity index (χ0) is 23.5. The molecule has 0 saturated carbocycles. The Morgan fingerprint density at radius 2 is 1.09 bits per heavy atom. The van der Waals surface area contributed by atoms with Crippen molar-refractivity contribution >= 4 is 23.9 Å². The summed E-state index contributed by atoms with van der Waals surface area (Å²) in [7, 11) is 0. The van der Waals surface area contributed by atoms with Gasteiger partial charge in [0, 0.05) is 23.5 Å². The standard InChI is InChI=1S/C20H16N2O11/c23-15(24)11-5-9(19-29-1-2-30-19)7-21-13(11)17(27)33-18(28)14-12(16(25)26)6-10(8-22-14)20-31-3-4-32-20/h5-8,19-20H,1-4H2,(H,23,24)(H,25,26). The van der Waals surface area contributed by atoms with E-state index >= 15 is 0 Å². The first-order valence-corrected chi connectivity index (χ1v) is 9.54. The lowest BCUT2D eigenvalue weighted by Gasteiger charge is -2.12. The Morgan fingerprint density at radius 1 is 0.727 bits per heavy atom. The summed E-state index contributed by atoms with van der Waals surface area (Å²) >= 11 is 0. The van der Waals surface area contributed by atoms with Crippen LogP contribution in [0.2, 0.25) is 0 Å². The Morgan fingerprint density at radius 3 is 1.42 bits per heavy atom. The van der Waals surface area contributed by atoms with Gasteiger partial charge in [-0.3, -0.25) is 0 Å². The van der Waals surface area contributed by atoms with Gasteiger partial charge in [0.15, 0.2) is 24.0 Å². The van der Waals surface area contributed by atoms with Crippen LogP contribution < -0.4 is 0 Å². The lowest BCUT2D eigenvalue weighted by Crippen LogP contribution is -2.21. The Hall–Kier alpha value is -3.78. The second-order valence-corrected chi connectivity index (χ2v) is 6.76. The van der Waals surface area contributed by atoms with Crippen molar-refractivity contribution in [2.24, 2.45) is 0 Å². The van der Waals surface area contributed by atoms with Gasteiger partial charge in [0.05, 0.1) is 37.6 Å². The van der Waals surface area contributed by atoms with Crippen molar-refractivity contribution in [2.75, 3.05) is 26.4 Å². The van der Waals surface area contributed by atoms with Gasteiger partial charge in [-0.25, -0.2) is 29.1 Å². The molecule has 172 valence electrons. The lowest BCUT2D eigenvalue weighted by molar-refractivity contribution is -0.0446. The van der Waals surface area contributed by atoms with Gasteiger partial charge < -0.3 is 33.9 Å². The Bertz CT molecular complexity index is 1030. The van der Waals surface area contributed by atoms with Gasteiger partial charge in [-0.05, 0) is 12.1 Å². The normalized spacial score (nSPS) is 16.6. The molecule has 4 rings (SSSR count). The lowest BCUT2D eigenvalue weighted by atomic mass is 10.1. The van der Waals surface area contributed by atoms with Crippen LogP contribution in [0, 0.1) is 0 Å². The number of ether oxygens (including phenoxy) is 5. The number of carboxylic acid groups (broad SMARTS) is 2. The minimum Gasteiger partial charge on any atom is -0.478 e. The predicted octanol–water partition coefficient (Wildman–Crippen LogP) is 0.961. The van der Waals surface area contributed by atoms with Crippen LogP contribution in [0.1, 0.15) is 65.4 Å². The third kappa shape index (κ3) is 4.70. The van der Waals surface area contributed by atoms with Crippen molar-refractivity contribution in [2.45, 2.75) is 12.6 Å². The molecular weight excluding hydrogens is 444 g/mol. The molecule has 0 radical (unpaired) electrons. The molecule has 2 aromatic rings. The monoisotopic (exact) mass is 460 g/mol. The number of carboxylic acids is 2. The van der Waals surface area contributed by atoms with E-state index in [4.69, 9.17) is 18.9 Å². The summed E-state index contributed by atoms with van der Waals surface area (Å²) < 4.78 is 25.8. The average Bonchev–Trinajstić information content (AvgIpc) is 3.52. The molecule has 0 atom stereocenters. The van der Waals surface area contributed by atoms with E-state index in [0.717, 1.165) is 24.5 Å². The zero-order valence-electron chi connectivity index (χ0n) is 16.8. The van der Waals surface area contributed by atoms with Crippen LogP contribution in [0.15, 0.2) is 24.5 Å². The second-order valence-electron chi connectivity index (χ2n) is 6.76. The summed E-state index contributed by atoms with van der Waals surface area (Å²) in [5.74, 6) is -5.82. The molecule has 13 nitrogen and oxygen atoms in total. The number of nitrogens with zero attached hydrogens (tertiary/aromatic N) is 2. The highest BCUT2D eigenvalue weighted by Crippen LogP contribution is 2.26. The molecular formula is C20H16N2O11. The Balaban J connectivity index is 1.57. The van der Waals surface area contributed by atoms with E-state index in [2.05, 4.69) is 14.7 Å². The number of pyridine rings is 2. The number of carbonyl (C=O) groups is 4. The first-order valence-electron chi connectivity index (χ1n) is 9.54. The molecule has 0 aliphatic carbocycles. The Kier molecular flexibility index (Phi) is 6.37. The molecule has 2 aliphatic heterocycles. The largest absolute Gasteiger partial charge is 0.478 e. The molecule has 2 saturated heterocycles. The quantitative estimate of drug-likeness (QED) is 0.460. The molecule has 2 aromatic heterocycles. The molecule has 4 heterocycles. The number of aromatic nitrogens is 2. The number of hydrogen-bond donors (Lipinski definition) is 2. The van der Waals surface area contributed by atoms with Crippen LogP contribution >= 0.6 is 0 Å². The van der Waals surface area contributed by atoms with Crippen LogP contribution in [-0.2, 0) is 23.7 Å². The van der Waals surface area contributed by atoms with Crippen molar-refractivity contribution in [3.05, 3.63) is 58.2 Å². The molecule has 0 unspecified atom stereocenters. The Labute approximate surface area is 184 Å². The molecule has 0 spiro atoms. The summed E-state index contributed by atoms with van der Waals surface area (Å²) in [6.07, 6.45) is 0.633. The van der Waals surface area contributed by atoms with Crippen LogP contribution in [-0.4, -0.2) is 70.5 Å². The third-order valence-corrected chi connectivity index (χ3v) is 4.64. The molecule has 0 aromatic carbocycles. The fourth-order valence-electron chi connectivity index (χ4n) is 3.15. The van der Waals surface area contributed by atoms with Crippen LogP contribution in [0.25, 0.3) is 0 Å². The average molecular weight is 460 g/mol. The maximum absolute atomic E-state index is 12.5. The van der Waals surface area contributed by atoms with Crippen molar-refractivity contribution in [3.63, 3.8) is 0 Å². The highest BCUT2D eigenvalue weighted by molar-refractivity contribution is 6.09. The molecule has 33 heavy (non-hydrogen) atoms. The van der Waals surface area contributed by atoms with Crippen molar-refractivity contribution < 1.29 is 53.1 Å². The van der Waals surface area contributed by atoms with Gasteiger partial charge in [-0.1, -0.05) is 0 Å². The maximum Gasteiger partial charge on any atom is 0.365 e. The zero-order valence-corrected chi connectivity index (χ0v) is 16.8. The van der Waals surface area contributed by atoms with E-state index in [1.54, 1.807) is 0 Å². The van der Waals surface area contributed by atoms with Crippen LogP contribution in [0.3, 0.4) is 0 Å². The number of aromatic carboxylic acids is 2. The smallest absolute Gasteiger partial charge is 0.365 e. The minimum atomic E-state index is -1.51. The number of carbonyl (C=O) groups excluding carboxylic acids is 2. The van der Waals surface area contributed by atoms with E-state index < -0.39 is 59.0 Å². The topological polar surface area (TPSA) is 181 Å². The molecule has 13 heteroatoms. The molecule has 0 amide bonds. The summed E-state index contributed by atoms with van der Waals surface area (Å²) in [5.41, 5.74) is -1.93. The summed E-state index contributed by atoms with van der Waals surface area (Å²) in [4.78, 5) is 55.8. The van der Waals surface area contributed by atoms with Crippen molar-refractivity contribution in [3.8, 4) is 0 Å². The third-order valence-electron chi connectivity index (χ3n) is 4.64. The highest BCUT2D eigenvalue weighted by atomic mass is 16.7. The molecule has 2 fully saturated rings. The van der Waals surface area contributed by atoms with Gasteiger partial charge in [-0.15, -0.1) is 0 Å². The molecule has 0 bridgehead atoms. The summed E-state index contributed by atoms with van der Waals surface area (Å²) in [6.45, 7) is 1.23. The SMILES string of the molecule is O=C(O)c1cc(C2OCCO2)cnc1C(=O)OC(=O)c1ncc(C2OCCO2)cc1C(=O)O. The van der Waals surface area contributed by atoms with Crippen LogP contribution in [0.4, 0.5) is 0 Å². The second kappa shape index (κ2) is 9.38. The van der Waals surface area contributed by atoms with Gasteiger partial charge >= 0.3 is 23.9 Å². The molecule has 2 aliphatic rings. The number of esters is 2. The van der Waals surface area contributed by atoms with Crippen molar-refractivity contribution in [1.82, 2.24) is 9.97 Å². The molecule has 2 N–H and O–H groups in total. The first-order chi connectivity index (χ1) is 15.8. The van der Waals surface area contributed by atoms with Crippen molar-refractivity contribution in [1.29, 1.82) is 0 Å². The van der Waals surface area contributed by atoms with E-state index in [-0.39, 0.29) is 11.1 Å². The number of hydrogen-bond acceptors (Lipinski definition) is 11. The predicted molar refractivity (Wildman–Crippen MR) is 101 cm³/mol. The van der Waals surface area contributed by atoms with Gasteiger partial charge in [0.1, 0.15) is 0 Å². The first kappa shape index (κ1) is 22.4. The maximum atomic E-state index is 12.5. The summed E-state index contributed by atoms with van der Waals surface area (Å²) in [6, 6.07) is 2.23. The van der Waals surface area contributed by atoms with E-state index in [0.29, 0.717) is 26.4 Å².